The molecule has 0 aliphatic heterocycles. The van der Waals surface area contributed by atoms with Crippen molar-refractivity contribution < 1.29 is 38.2 Å². The summed E-state index contributed by atoms with van der Waals surface area (Å²) in [6.45, 7) is 8.29. The Labute approximate surface area is 211 Å². The summed E-state index contributed by atoms with van der Waals surface area (Å²) in [5, 5.41) is 17.0. The van der Waals surface area contributed by atoms with E-state index < -0.39 is 54.9 Å². The van der Waals surface area contributed by atoms with E-state index in [-0.39, 0.29) is 18.5 Å². The molecule has 0 aromatic carbocycles. The molecule has 0 spiro atoms. The number of nitrogens with one attached hydrogen (secondary N) is 5. The molecule has 0 fully saturated rings. The van der Waals surface area contributed by atoms with Crippen molar-refractivity contribution in [2.45, 2.75) is 78.1 Å². The van der Waals surface area contributed by atoms with Crippen LogP contribution in [0.1, 0.15) is 53.9 Å². The van der Waals surface area contributed by atoms with E-state index in [1.165, 1.54) is 6.92 Å². The SMILES string of the molecule is CC(C)COC(=O)N[C@H](COC(=O)OC(C)C)C(=O)N[C@@H](C)C(=O)N[C@H](C=O)CCCCNC(=N)N. The van der Waals surface area contributed by atoms with E-state index in [0.717, 1.165) is 0 Å². The quantitative estimate of drug-likeness (QED) is 0.0537. The molecule has 0 aromatic rings. The first-order valence-corrected chi connectivity index (χ1v) is 11.8. The summed E-state index contributed by atoms with van der Waals surface area (Å²) in [6, 6.07) is -3.21. The van der Waals surface area contributed by atoms with Crippen molar-refractivity contribution in [3.05, 3.63) is 0 Å². The highest BCUT2D eigenvalue weighted by Crippen LogP contribution is 2.01. The number of ether oxygens (including phenoxy) is 3. The number of hydrogen-bond acceptors (Lipinski definition) is 9. The lowest BCUT2D eigenvalue weighted by molar-refractivity contribution is -0.131. The maximum absolute atomic E-state index is 12.7. The summed E-state index contributed by atoms with van der Waals surface area (Å²) in [4.78, 5) is 60.3. The van der Waals surface area contributed by atoms with Gasteiger partial charge >= 0.3 is 12.2 Å². The van der Waals surface area contributed by atoms with Gasteiger partial charge in [0.25, 0.3) is 0 Å². The monoisotopic (exact) mass is 516 g/mol. The van der Waals surface area contributed by atoms with Crippen LogP contribution in [0.3, 0.4) is 0 Å². The number of nitrogens with two attached hydrogens (primary N) is 1. The molecule has 0 unspecified atom stereocenters. The van der Waals surface area contributed by atoms with Gasteiger partial charge in [-0.1, -0.05) is 13.8 Å². The highest BCUT2D eigenvalue weighted by molar-refractivity contribution is 5.92. The highest BCUT2D eigenvalue weighted by Gasteiger charge is 2.27. The number of carbonyl (C=O) groups is 5. The molecule has 0 aliphatic carbocycles. The van der Waals surface area contributed by atoms with E-state index in [9.17, 15) is 24.0 Å². The largest absolute Gasteiger partial charge is 0.508 e. The molecule has 36 heavy (non-hydrogen) atoms. The fourth-order valence-corrected chi connectivity index (χ4v) is 2.56. The third-order valence-electron chi connectivity index (χ3n) is 4.36. The molecule has 7 N–H and O–H groups in total. The molecule has 206 valence electrons. The van der Waals surface area contributed by atoms with Gasteiger partial charge in [-0.3, -0.25) is 15.0 Å². The number of carbonyl (C=O) groups excluding carboxylic acids is 5. The van der Waals surface area contributed by atoms with Gasteiger partial charge < -0.3 is 46.0 Å². The standard InChI is InChI=1S/C22H40N6O8/c1-13(2)11-34-21(32)28-17(12-35-22(33)36-14(3)4)19(31)26-15(5)18(30)27-16(10-29)8-6-7-9-25-20(23)24/h10,13-17H,6-9,11-12H2,1-5H3,(H,26,31)(H,27,30)(H,28,32)(H4,23,24,25)/t15-,16-,17+/m0/s1. The Morgan fingerprint density at radius 1 is 0.917 bits per heavy atom. The van der Waals surface area contributed by atoms with Crippen LogP contribution in [0.15, 0.2) is 0 Å². The van der Waals surface area contributed by atoms with Crippen LogP contribution in [-0.4, -0.2) is 80.3 Å². The molecule has 0 bridgehead atoms. The molecule has 0 saturated carbocycles. The first kappa shape index (κ1) is 32.4. The molecule has 0 saturated heterocycles. The Kier molecular flexibility index (Phi) is 16.0. The van der Waals surface area contributed by atoms with Crippen molar-refractivity contribution in [2.75, 3.05) is 19.8 Å². The van der Waals surface area contributed by atoms with E-state index in [1.54, 1.807) is 13.8 Å². The van der Waals surface area contributed by atoms with Gasteiger partial charge in [-0.15, -0.1) is 0 Å². The minimum Gasteiger partial charge on any atom is -0.449 e. The zero-order valence-electron chi connectivity index (χ0n) is 21.6. The minimum absolute atomic E-state index is 0.0557. The van der Waals surface area contributed by atoms with Crippen LogP contribution >= 0.6 is 0 Å². The second kappa shape index (κ2) is 17.8. The van der Waals surface area contributed by atoms with Gasteiger partial charge in [-0.05, 0) is 46.0 Å². The Morgan fingerprint density at radius 3 is 2.14 bits per heavy atom. The van der Waals surface area contributed by atoms with Crippen LogP contribution in [0.2, 0.25) is 0 Å². The summed E-state index contributed by atoms with van der Waals surface area (Å²) < 4.78 is 14.7. The first-order valence-electron chi connectivity index (χ1n) is 11.8. The predicted octanol–water partition coefficient (Wildman–Crippen LogP) is 0.141. The summed E-state index contributed by atoms with van der Waals surface area (Å²) >= 11 is 0. The van der Waals surface area contributed by atoms with Crippen molar-refractivity contribution in [2.24, 2.45) is 11.7 Å². The van der Waals surface area contributed by atoms with Crippen LogP contribution in [-0.2, 0) is 28.6 Å². The lowest BCUT2D eigenvalue weighted by atomic mass is 10.1. The fraction of sp³-hybridized carbons (Fsp3) is 0.727. The average Bonchev–Trinajstić information content (AvgIpc) is 2.78. The van der Waals surface area contributed by atoms with Crippen LogP contribution in [0.4, 0.5) is 9.59 Å². The predicted molar refractivity (Wildman–Crippen MR) is 130 cm³/mol. The van der Waals surface area contributed by atoms with E-state index in [4.69, 9.17) is 25.4 Å². The molecule has 14 nitrogen and oxygen atoms in total. The highest BCUT2D eigenvalue weighted by atomic mass is 16.7. The molecule has 3 amide bonds. The fourth-order valence-electron chi connectivity index (χ4n) is 2.56. The molecular weight excluding hydrogens is 476 g/mol. The van der Waals surface area contributed by atoms with Gasteiger partial charge in [0.15, 0.2) is 5.96 Å². The maximum Gasteiger partial charge on any atom is 0.508 e. The normalized spacial score (nSPS) is 13.1. The number of alkyl carbamates (subject to hydrolysis) is 1. The smallest absolute Gasteiger partial charge is 0.449 e. The Balaban J connectivity index is 4.93. The summed E-state index contributed by atoms with van der Waals surface area (Å²) in [5.74, 6) is -1.53. The van der Waals surface area contributed by atoms with E-state index in [2.05, 4.69) is 21.3 Å². The topological polar surface area (TPSA) is 211 Å². The molecule has 0 heterocycles. The molecule has 3 atom stereocenters. The van der Waals surface area contributed by atoms with E-state index in [0.29, 0.717) is 32.1 Å². The second-order valence-corrected chi connectivity index (χ2v) is 8.73. The second-order valence-electron chi connectivity index (χ2n) is 8.73. The van der Waals surface area contributed by atoms with Crippen molar-refractivity contribution in [1.82, 2.24) is 21.3 Å². The van der Waals surface area contributed by atoms with Gasteiger partial charge in [0.05, 0.1) is 18.8 Å². The van der Waals surface area contributed by atoms with Crippen LogP contribution in [0.5, 0.6) is 0 Å². The van der Waals surface area contributed by atoms with Crippen LogP contribution < -0.4 is 27.0 Å². The maximum atomic E-state index is 12.7. The first-order chi connectivity index (χ1) is 16.8. The molecule has 0 aliphatic rings. The lowest BCUT2D eigenvalue weighted by Crippen LogP contribution is -2.55. The zero-order chi connectivity index (χ0) is 27.7. The Hall–Kier alpha value is -3.58. The Morgan fingerprint density at radius 2 is 1.58 bits per heavy atom. The summed E-state index contributed by atoms with van der Waals surface area (Å²) in [6.07, 6.45) is -0.222. The summed E-state index contributed by atoms with van der Waals surface area (Å²) in [7, 11) is 0. The van der Waals surface area contributed by atoms with E-state index >= 15 is 0 Å². The zero-order valence-corrected chi connectivity index (χ0v) is 21.6. The van der Waals surface area contributed by atoms with Crippen LogP contribution in [0.25, 0.3) is 0 Å². The number of amides is 3. The van der Waals surface area contributed by atoms with Crippen molar-refractivity contribution >= 4 is 36.3 Å². The summed E-state index contributed by atoms with van der Waals surface area (Å²) in [5.41, 5.74) is 5.19. The van der Waals surface area contributed by atoms with Gasteiger partial charge in [0.2, 0.25) is 11.8 Å². The van der Waals surface area contributed by atoms with Crippen molar-refractivity contribution in [3.63, 3.8) is 0 Å². The minimum atomic E-state index is -1.37. The average molecular weight is 517 g/mol. The third-order valence-corrected chi connectivity index (χ3v) is 4.36. The van der Waals surface area contributed by atoms with Gasteiger partial charge in [-0.2, -0.15) is 0 Å². The Bertz CT molecular complexity index is 746. The molecule has 0 radical (unpaired) electrons. The van der Waals surface area contributed by atoms with Crippen molar-refractivity contribution in [3.8, 4) is 0 Å². The number of hydrogen-bond donors (Lipinski definition) is 6. The molecule has 0 aromatic heterocycles. The number of unbranched alkanes of at least 4 members (excludes halogenated alkanes) is 1. The number of aldehydes is 1. The van der Waals surface area contributed by atoms with Crippen molar-refractivity contribution in [1.29, 1.82) is 5.41 Å². The molecule has 0 rings (SSSR count). The lowest BCUT2D eigenvalue weighted by Gasteiger charge is -2.22. The van der Waals surface area contributed by atoms with Gasteiger partial charge in [0, 0.05) is 6.54 Å². The number of rotatable bonds is 16. The molecular formula is C22H40N6O8. The number of guanidine groups is 1. The van der Waals surface area contributed by atoms with E-state index in [1.807, 2.05) is 13.8 Å². The van der Waals surface area contributed by atoms with Gasteiger partial charge in [0.1, 0.15) is 25.0 Å². The molecule has 14 heteroatoms. The third kappa shape index (κ3) is 16.1. The van der Waals surface area contributed by atoms with Gasteiger partial charge in [-0.25, -0.2) is 9.59 Å². The van der Waals surface area contributed by atoms with Crippen LogP contribution in [0, 0.1) is 11.3 Å².